The van der Waals surface area contributed by atoms with Crippen LogP contribution in [0.1, 0.15) is 68.0 Å². The van der Waals surface area contributed by atoms with Crippen molar-refractivity contribution in [2.24, 2.45) is 7.05 Å². The Morgan fingerprint density at radius 3 is 2.52 bits per heavy atom. The normalized spacial score (nSPS) is 28.6. The molecule has 4 rings (SSSR count). The van der Waals surface area contributed by atoms with Crippen molar-refractivity contribution in [3.63, 3.8) is 0 Å². The van der Waals surface area contributed by atoms with E-state index in [1.54, 1.807) is 11.7 Å². The summed E-state index contributed by atoms with van der Waals surface area (Å²) in [4.78, 5) is 12.1. The fourth-order valence-electron chi connectivity index (χ4n) is 3.89. The van der Waals surface area contributed by atoms with Crippen LogP contribution in [0, 0.1) is 0 Å². The van der Waals surface area contributed by atoms with E-state index in [4.69, 9.17) is 4.74 Å². The van der Waals surface area contributed by atoms with Gasteiger partial charge in [-0.15, -0.1) is 0 Å². The van der Waals surface area contributed by atoms with Gasteiger partial charge in [0.1, 0.15) is 11.9 Å². The van der Waals surface area contributed by atoms with Crippen molar-refractivity contribution >= 4 is 11.9 Å². The van der Waals surface area contributed by atoms with Crippen LogP contribution < -0.4 is 5.32 Å². The van der Waals surface area contributed by atoms with Gasteiger partial charge in [0.05, 0.1) is 11.8 Å². The lowest BCUT2D eigenvalue weighted by Crippen LogP contribution is -2.43. The molecule has 0 bridgehead atoms. The van der Waals surface area contributed by atoms with Crippen molar-refractivity contribution in [1.29, 1.82) is 0 Å². The molecule has 3 aliphatic carbocycles. The molecule has 0 aliphatic heterocycles. The van der Waals surface area contributed by atoms with E-state index < -0.39 is 31.0 Å². The lowest BCUT2D eigenvalue weighted by Gasteiger charge is -2.34. The highest BCUT2D eigenvalue weighted by Gasteiger charge is 2.48. The average Bonchev–Trinajstić information content (AvgIpc) is 2.69. The second kappa shape index (κ2) is 5.93. The monoisotopic (exact) mass is 355 g/mol. The number of aryl methyl sites for hydroxylation is 1. The minimum absolute atomic E-state index is 0.216. The Morgan fingerprint density at radius 1 is 1.32 bits per heavy atom. The van der Waals surface area contributed by atoms with Gasteiger partial charge >= 0.3 is 6.09 Å². The van der Waals surface area contributed by atoms with Crippen molar-refractivity contribution in [2.45, 2.75) is 74.9 Å². The first-order valence-corrected chi connectivity index (χ1v) is 8.92. The van der Waals surface area contributed by atoms with Gasteiger partial charge in [0.25, 0.3) is 5.92 Å². The zero-order valence-electron chi connectivity index (χ0n) is 14.2. The number of aliphatic hydroxyl groups excluding tert-OH is 1. The maximum absolute atomic E-state index is 12.9. The molecule has 0 spiro atoms. The number of halogens is 2. The Bertz CT molecular complexity index is 673. The first-order valence-electron chi connectivity index (χ1n) is 8.92. The smallest absolute Gasteiger partial charge is 0.413 e. The van der Waals surface area contributed by atoms with Crippen LogP contribution in [0.2, 0.25) is 0 Å². The van der Waals surface area contributed by atoms with Crippen LogP contribution >= 0.6 is 0 Å². The van der Waals surface area contributed by atoms with Gasteiger partial charge in [-0.2, -0.15) is 5.10 Å². The largest absolute Gasteiger partial charge is 0.445 e. The third-order valence-corrected chi connectivity index (χ3v) is 5.67. The van der Waals surface area contributed by atoms with Crippen molar-refractivity contribution in [3.05, 3.63) is 11.3 Å². The highest BCUT2D eigenvalue weighted by molar-refractivity contribution is 5.85. The molecule has 3 fully saturated rings. The number of carbonyl (C=O) groups is 1. The summed E-state index contributed by atoms with van der Waals surface area (Å²) in [5.74, 6) is -1.55. The highest BCUT2D eigenvalue weighted by Crippen LogP contribution is 2.47. The quantitative estimate of drug-likeness (QED) is 0.869. The summed E-state index contributed by atoms with van der Waals surface area (Å²) >= 11 is 0. The Morgan fingerprint density at radius 2 is 2.00 bits per heavy atom. The lowest BCUT2D eigenvalue weighted by atomic mass is 9.73. The zero-order valence-corrected chi connectivity index (χ0v) is 14.2. The number of amides is 1. The summed E-state index contributed by atoms with van der Waals surface area (Å²) in [6, 6.07) is 0. The Labute approximate surface area is 144 Å². The zero-order chi connectivity index (χ0) is 17.8. The molecule has 0 saturated heterocycles. The molecule has 138 valence electrons. The third-order valence-electron chi connectivity index (χ3n) is 5.67. The van der Waals surface area contributed by atoms with E-state index in [9.17, 15) is 18.7 Å². The van der Waals surface area contributed by atoms with Gasteiger partial charge in [0.15, 0.2) is 0 Å². The molecule has 0 radical (unpaired) electrons. The van der Waals surface area contributed by atoms with Gasteiger partial charge in [0, 0.05) is 31.4 Å². The average molecular weight is 355 g/mol. The van der Waals surface area contributed by atoms with E-state index in [0.717, 1.165) is 30.5 Å². The fraction of sp³-hybridized carbons (Fsp3) is 0.765. The molecular weight excluding hydrogens is 332 g/mol. The van der Waals surface area contributed by atoms with Gasteiger partial charge in [0.2, 0.25) is 0 Å². The maximum atomic E-state index is 12.9. The van der Waals surface area contributed by atoms with E-state index in [-0.39, 0.29) is 12.0 Å². The second-order valence-electron chi connectivity index (χ2n) is 7.64. The number of alkyl halides is 2. The molecule has 0 unspecified atom stereocenters. The molecule has 0 aromatic carbocycles. The number of aliphatic hydroxyl groups is 1. The van der Waals surface area contributed by atoms with Crippen molar-refractivity contribution in [2.75, 3.05) is 5.32 Å². The third kappa shape index (κ3) is 3.12. The van der Waals surface area contributed by atoms with Gasteiger partial charge < -0.3 is 9.84 Å². The van der Waals surface area contributed by atoms with E-state index in [0.29, 0.717) is 24.6 Å². The molecule has 2 N–H and O–H groups in total. The van der Waals surface area contributed by atoms with Gasteiger partial charge in [-0.3, -0.25) is 10.00 Å². The van der Waals surface area contributed by atoms with Crippen LogP contribution in [0.5, 0.6) is 0 Å². The molecular formula is C17H23F2N3O3. The highest BCUT2D eigenvalue weighted by atomic mass is 19.3. The summed E-state index contributed by atoms with van der Waals surface area (Å²) in [5, 5.41) is 16.9. The molecule has 8 heteroatoms. The number of rotatable bonds is 4. The van der Waals surface area contributed by atoms with E-state index >= 15 is 0 Å². The molecule has 3 aliphatic rings. The Kier molecular flexibility index (Phi) is 3.97. The molecule has 1 amide bonds. The number of nitrogens with zero attached hydrogens (tertiary/aromatic N) is 2. The number of hydrogen-bond donors (Lipinski definition) is 2. The molecule has 6 nitrogen and oxygen atoms in total. The molecule has 1 aromatic heterocycles. The van der Waals surface area contributed by atoms with E-state index in [1.165, 1.54) is 0 Å². The number of nitrogens with one attached hydrogen (secondary N) is 1. The van der Waals surface area contributed by atoms with Gasteiger partial charge in [-0.05, 0) is 31.6 Å². The summed E-state index contributed by atoms with van der Waals surface area (Å²) in [5.41, 5.74) is 1.98. The van der Waals surface area contributed by atoms with Crippen LogP contribution in [-0.2, 0) is 11.8 Å². The first kappa shape index (κ1) is 16.8. The van der Waals surface area contributed by atoms with Crippen molar-refractivity contribution < 1.29 is 23.4 Å². The number of carbonyl (C=O) groups excluding carboxylic acids is 1. The molecule has 25 heavy (non-hydrogen) atoms. The molecule has 1 aromatic rings. The standard InChI is InChI=1S/C17H23F2N3O3/c1-22-15(20-16(24)25-12-7-17(18,19)8-12)13(9-3-2-4-9)14(21-22)10-5-11(23)6-10/h9-12,23H,2-8H2,1H3,(H,20,24). The second-order valence-corrected chi connectivity index (χ2v) is 7.64. The predicted octanol–water partition coefficient (Wildman–Crippen LogP) is 3.27. The van der Waals surface area contributed by atoms with Crippen LogP contribution in [0.4, 0.5) is 19.4 Å². The summed E-state index contributed by atoms with van der Waals surface area (Å²) < 4.78 is 32.5. The molecule has 3 saturated carbocycles. The first-order chi connectivity index (χ1) is 11.8. The number of aromatic nitrogens is 2. The van der Waals surface area contributed by atoms with Crippen molar-refractivity contribution in [3.8, 4) is 0 Å². The van der Waals surface area contributed by atoms with Gasteiger partial charge in [-0.25, -0.2) is 13.6 Å². The number of hydrogen-bond acceptors (Lipinski definition) is 4. The topological polar surface area (TPSA) is 76.4 Å². The Hall–Kier alpha value is -1.70. The predicted molar refractivity (Wildman–Crippen MR) is 85.9 cm³/mol. The minimum atomic E-state index is -2.72. The fourth-order valence-corrected chi connectivity index (χ4v) is 3.89. The summed E-state index contributed by atoms with van der Waals surface area (Å²) in [7, 11) is 1.76. The van der Waals surface area contributed by atoms with Gasteiger partial charge in [-0.1, -0.05) is 6.42 Å². The summed E-state index contributed by atoms with van der Waals surface area (Å²) in [6.45, 7) is 0. The van der Waals surface area contributed by atoms with Crippen LogP contribution in [0.25, 0.3) is 0 Å². The SMILES string of the molecule is Cn1nc(C2CC(O)C2)c(C2CCC2)c1NC(=O)OC1CC(F)(F)C1. The number of ether oxygens (including phenoxy) is 1. The molecule has 0 atom stereocenters. The molecule has 1 heterocycles. The maximum Gasteiger partial charge on any atom is 0.413 e. The van der Waals surface area contributed by atoms with E-state index in [2.05, 4.69) is 10.4 Å². The van der Waals surface area contributed by atoms with Crippen LogP contribution in [0.15, 0.2) is 0 Å². The Balaban J connectivity index is 1.49. The van der Waals surface area contributed by atoms with E-state index in [1.807, 2.05) is 0 Å². The number of anilines is 1. The van der Waals surface area contributed by atoms with Crippen molar-refractivity contribution in [1.82, 2.24) is 9.78 Å². The summed E-state index contributed by atoms with van der Waals surface area (Å²) in [6.07, 6.45) is 2.10. The minimum Gasteiger partial charge on any atom is -0.445 e. The van der Waals surface area contributed by atoms with Crippen LogP contribution in [0.3, 0.4) is 0 Å². The van der Waals surface area contributed by atoms with Crippen LogP contribution in [-0.4, -0.2) is 39.1 Å². The lowest BCUT2D eigenvalue weighted by molar-refractivity contribution is -0.142.